The predicted molar refractivity (Wildman–Crippen MR) is 179 cm³/mol. The van der Waals surface area contributed by atoms with Crippen LogP contribution in [0.15, 0.2) is 11.6 Å². The Morgan fingerprint density at radius 1 is 0.940 bits per heavy atom. The molecule has 3 aliphatic heterocycles. The van der Waals surface area contributed by atoms with E-state index in [1.165, 1.54) is 6.92 Å². The molecule has 1 amide bonds. The molecule has 6 rings (SSSR count). The van der Waals surface area contributed by atoms with Gasteiger partial charge >= 0.3 is 11.9 Å². The molecule has 12 heteroatoms. The fourth-order valence-corrected chi connectivity index (χ4v) is 10.6. The van der Waals surface area contributed by atoms with Crippen molar-refractivity contribution in [3.05, 3.63) is 11.6 Å². The number of methoxy groups -OCH3 is 3. The lowest BCUT2D eigenvalue weighted by Crippen LogP contribution is -2.51. The molecule has 12 nitrogen and oxygen atoms in total. The van der Waals surface area contributed by atoms with E-state index >= 15 is 0 Å². The number of ketones is 1. The fourth-order valence-electron chi connectivity index (χ4n) is 10.6. The van der Waals surface area contributed by atoms with Gasteiger partial charge in [-0.1, -0.05) is 26.8 Å². The minimum Gasteiger partial charge on any atom is -0.462 e. The molecule has 5 unspecified atom stereocenters. The van der Waals surface area contributed by atoms with Gasteiger partial charge in [-0.2, -0.15) is 0 Å². The summed E-state index contributed by atoms with van der Waals surface area (Å²) in [5, 5.41) is 3.28. The molecular formula is C38H57NO11. The summed E-state index contributed by atoms with van der Waals surface area (Å²) in [4.78, 5) is 53.3. The molecule has 3 saturated heterocycles. The number of allylic oxidation sites excluding steroid dienone is 2. The number of cyclic esters (lactones) is 1. The van der Waals surface area contributed by atoms with Crippen LogP contribution < -0.4 is 5.32 Å². The van der Waals surface area contributed by atoms with Crippen molar-refractivity contribution in [2.45, 2.75) is 128 Å². The smallest absolute Gasteiger partial charge is 0.306 e. The van der Waals surface area contributed by atoms with Crippen LogP contribution in [0.3, 0.4) is 0 Å². The molecule has 0 spiro atoms. The van der Waals surface area contributed by atoms with Crippen molar-refractivity contribution < 1.29 is 52.3 Å². The van der Waals surface area contributed by atoms with E-state index in [0.717, 1.165) is 12.8 Å². The molecule has 0 radical (unpaired) electrons. The Labute approximate surface area is 296 Å². The molecule has 1 N–H and O–H groups in total. The van der Waals surface area contributed by atoms with Crippen molar-refractivity contribution in [2.24, 2.45) is 47.3 Å². The maximum atomic E-state index is 14.4. The second kappa shape index (κ2) is 15.7. The summed E-state index contributed by atoms with van der Waals surface area (Å²) in [7, 11) is 4.94. The van der Waals surface area contributed by atoms with Crippen LogP contribution in [0.4, 0.5) is 0 Å². The van der Waals surface area contributed by atoms with Crippen molar-refractivity contribution in [2.75, 3.05) is 27.9 Å². The maximum absolute atomic E-state index is 14.4. The number of ether oxygens (including phenoxy) is 7. The Balaban J connectivity index is 1.31. The summed E-state index contributed by atoms with van der Waals surface area (Å²) in [6, 6.07) is -0.177. The first-order chi connectivity index (χ1) is 24.0. The highest BCUT2D eigenvalue weighted by Gasteiger charge is 2.61. The SMILES string of the molecule is CC[C@H]1CCC[C@H](OC(C)=O)[C@@H](C)C(=O)C2=C[C@H]3[C@@H]4C[C@H](O[C@@H]5OCC(C)[C@H](OC)C(OC)C5OC)C[C@H]4C4CC(=O)NC4[C@H]3[C@@H]2CC(=O)O1. The molecule has 6 aliphatic rings. The van der Waals surface area contributed by atoms with E-state index in [9.17, 15) is 19.2 Å². The minimum atomic E-state index is -0.675. The normalized spacial score (nSPS) is 45.0. The highest BCUT2D eigenvalue weighted by atomic mass is 16.7. The van der Waals surface area contributed by atoms with Crippen LogP contribution in [0.25, 0.3) is 0 Å². The first-order valence-corrected chi connectivity index (χ1v) is 18.8. The van der Waals surface area contributed by atoms with E-state index in [1.54, 1.807) is 21.3 Å². The lowest BCUT2D eigenvalue weighted by Gasteiger charge is -2.46. The molecule has 0 aromatic rings. The average Bonchev–Trinajstić information content (AvgIpc) is 3.76. The molecule has 16 atom stereocenters. The Morgan fingerprint density at radius 3 is 2.34 bits per heavy atom. The number of esters is 2. The van der Waals surface area contributed by atoms with Gasteiger partial charge in [-0.05, 0) is 73.7 Å². The summed E-state index contributed by atoms with van der Waals surface area (Å²) in [5.41, 5.74) is 0.606. The van der Waals surface area contributed by atoms with Gasteiger partial charge in [0.1, 0.15) is 24.4 Å². The molecule has 0 aromatic carbocycles. The summed E-state index contributed by atoms with van der Waals surface area (Å²) in [6.07, 6.45) is 3.72. The van der Waals surface area contributed by atoms with Crippen molar-refractivity contribution >= 4 is 23.6 Å². The highest BCUT2D eigenvalue weighted by Crippen LogP contribution is 2.60. The third-order valence-electron chi connectivity index (χ3n) is 12.8. The van der Waals surface area contributed by atoms with Crippen LogP contribution in [0, 0.1) is 47.3 Å². The van der Waals surface area contributed by atoms with Crippen LogP contribution >= 0.6 is 0 Å². The lowest BCUT2D eigenvalue weighted by atomic mass is 9.59. The van der Waals surface area contributed by atoms with Crippen molar-refractivity contribution in [3.63, 3.8) is 0 Å². The highest BCUT2D eigenvalue weighted by molar-refractivity contribution is 5.99. The molecule has 0 aromatic heterocycles. The second-order valence-corrected chi connectivity index (χ2v) is 15.6. The third-order valence-corrected chi connectivity index (χ3v) is 12.8. The number of nitrogens with one attached hydrogen (secondary N) is 1. The number of amides is 1. The quantitative estimate of drug-likeness (QED) is 0.387. The molecule has 2 saturated carbocycles. The van der Waals surface area contributed by atoms with E-state index in [-0.39, 0.29) is 83.9 Å². The summed E-state index contributed by atoms with van der Waals surface area (Å²) >= 11 is 0. The van der Waals surface area contributed by atoms with Crippen LogP contribution in [0.1, 0.15) is 79.1 Å². The number of fused-ring (bicyclic) bond motifs is 8. The van der Waals surface area contributed by atoms with Gasteiger partial charge in [0.15, 0.2) is 12.1 Å². The van der Waals surface area contributed by atoms with Crippen molar-refractivity contribution in [3.8, 4) is 0 Å². The number of carbonyl (C=O) groups is 4. The van der Waals surface area contributed by atoms with Gasteiger partial charge in [-0.15, -0.1) is 0 Å². The van der Waals surface area contributed by atoms with Gasteiger partial charge in [0.05, 0.1) is 31.2 Å². The Bertz CT molecular complexity index is 1300. The van der Waals surface area contributed by atoms with Gasteiger partial charge in [-0.25, -0.2) is 0 Å². The second-order valence-electron chi connectivity index (χ2n) is 15.6. The number of rotatable bonds is 7. The van der Waals surface area contributed by atoms with Crippen molar-refractivity contribution in [1.29, 1.82) is 0 Å². The molecule has 50 heavy (non-hydrogen) atoms. The zero-order valence-electron chi connectivity index (χ0n) is 30.7. The number of carbonyl (C=O) groups excluding carboxylic acids is 4. The van der Waals surface area contributed by atoms with Gasteiger partial charge in [0.2, 0.25) is 5.91 Å². The molecule has 3 heterocycles. The Morgan fingerprint density at radius 2 is 1.66 bits per heavy atom. The molecular weight excluding hydrogens is 646 g/mol. The molecule has 3 aliphatic carbocycles. The largest absolute Gasteiger partial charge is 0.462 e. The Hall–Kier alpha value is -2.38. The van der Waals surface area contributed by atoms with Crippen LogP contribution in [-0.2, 0) is 52.3 Å². The van der Waals surface area contributed by atoms with Gasteiger partial charge in [-0.3, -0.25) is 19.2 Å². The third kappa shape index (κ3) is 7.16. The van der Waals surface area contributed by atoms with Crippen LogP contribution in [0.5, 0.6) is 0 Å². The van der Waals surface area contributed by atoms with Gasteiger partial charge in [0.25, 0.3) is 0 Å². The van der Waals surface area contributed by atoms with E-state index < -0.39 is 42.4 Å². The number of hydrogen-bond acceptors (Lipinski definition) is 11. The topological polar surface area (TPSA) is 145 Å². The molecule has 280 valence electrons. The maximum Gasteiger partial charge on any atom is 0.306 e. The first kappa shape index (κ1) is 37.4. The van der Waals surface area contributed by atoms with E-state index in [4.69, 9.17) is 33.2 Å². The Kier molecular flexibility index (Phi) is 11.7. The number of Topliss-reactive ketones (excluding diaryl/α,β-unsaturated/α-hetero) is 1. The molecule has 0 bridgehead atoms. The van der Waals surface area contributed by atoms with E-state index in [2.05, 4.69) is 18.3 Å². The van der Waals surface area contributed by atoms with Crippen LogP contribution in [0.2, 0.25) is 0 Å². The predicted octanol–water partition coefficient (Wildman–Crippen LogP) is 3.77. The van der Waals surface area contributed by atoms with Gasteiger partial charge in [0, 0.05) is 52.6 Å². The number of hydrogen-bond donors (Lipinski definition) is 1. The zero-order chi connectivity index (χ0) is 35.9. The van der Waals surface area contributed by atoms with Crippen LogP contribution in [-0.4, -0.2) is 101 Å². The summed E-state index contributed by atoms with van der Waals surface area (Å²) in [6.45, 7) is 7.69. The summed E-state index contributed by atoms with van der Waals surface area (Å²) < 4.78 is 42.4. The monoisotopic (exact) mass is 703 g/mol. The standard InChI is InChI=1S/C38H57NO11/c1-8-21-10-9-11-29(48-20(4)40)19(3)34(43)28-14-25-23-12-22(50-38-37(46-7)36(45-6)35(44-5)18(2)17-47-38)13-24(23)27-15-30(41)39-33(27)32(25)26(28)16-31(42)49-21/h14,18-19,21-27,29,32-33,35-38H,8-13,15-17H2,1-7H3,(H,39,41)/t18?,19-,21+,22+,23-,24-,25+,26-,27?,29+,32-,33?,35+,36?,37?,38+/m1/s1. The zero-order valence-corrected chi connectivity index (χ0v) is 30.7. The lowest BCUT2D eigenvalue weighted by molar-refractivity contribution is -0.237. The van der Waals surface area contributed by atoms with Gasteiger partial charge < -0.3 is 38.5 Å². The average molecular weight is 704 g/mol. The first-order valence-electron chi connectivity index (χ1n) is 18.8. The van der Waals surface area contributed by atoms with Crippen molar-refractivity contribution in [1.82, 2.24) is 5.32 Å². The van der Waals surface area contributed by atoms with E-state index in [0.29, 0.717) is 44.3 Å². The minimum absolute atomic E-state index is 0.00249. The fraction of sp³-hybridized carbons (Fsp3) is 0.842. The summed E-state index contributed by atoms with van der Waals surface area (Å²) in [5.74, 6) is -1.57. The van der Waals surface area contributed by atoms with E-state index in [1.807, 2.05) is 13.8 Å². The molecule has 5 fully saturated rings.